The van der Waals surface area contributed by atoms with Gasteiger partial charge in [0.25, 0.3) is 0 Å². The maximum absolute atomic E-state index is 6.59. The van der Waals surface area contributed by atoms with Crippen LogP contribution < -0.4 is 4.72 Å². The number of ether oxygens (including phenoxy) is 1. The van der Waals surface area contributed by atoms with Crippen molar-refractivity contribution in [3.63, 3.8) is 0 Å². The Morgan fingerprint density at radius 3 is 2.81 bits per heavy atom. The summed E-state index contributed by atoms with van der Waals surface area (Å²) in [5.74, 6) is 1.51. The smallest absolute Gasteiger partial charge is 0.144 e. The molecule has 0 spiro atoms. The molecular formula is C27H35N3OS. The fourth-order valence-corrected chi connectivity index (χ4v) is 7.74. The van der Waals surface area contributed by atoms with Crippen LogP contribution >= 0.6 is 11.9 Å². The number of nitrogens with zero attached hydrogens (tertiary/aromatic N) is 2. The molecule has 5 heteroatoms. The molecule has 1 aromatic heterocycles. The predicted octanol–water partition coefficient (Wildman–Crippen LogP) is 6.14. The number of hydrogen-bond donors (Lipinski definition) is 1. The van der Waals surface area contributed by atoms with E-state index >= 15 is 0 Å². The maximum atomic E-state index is 6.59. The monoisotopic (exact) mass is 449 g/mol. The van der Waals surface area contributed by atoms with E-state index in [4.69, 9.17) is 4.74 Å². The summed E-state index contributed by atoms with van der Waals surface area (Å²) >= 11 is 1.75. The lowest BCUT2D eigenvalue weighted by atomic mass is 9.65. The van der Waals surface area contributed by atoms with E-state index in [-0.39, 0.29) is 11.5 Å². The minimum Gasteiger partial charge on any atom is -0.488 e. The molecule has 4 atom stereocenters. The zero-order chi connectivity index (χ0) is 22.2. The summed E-state index contributed by atoms with van der Waals surface area (Å²) in [6.45, 7) is 11.5. The standard InChI is InChI=1S/C27H35N3OS/c1-6-27-12-8-13-29-14-11-19-23-20(9-7-10-22(23)32-28-5)30(24(19)26(27)29)21(15-27)25-17(3)16(2)18(4)31-25/h7,9-10,15,17,25-26,28H,6,8,11-14H2,1-5H3/t17-,25?,26?,27-/m0/s1. The van der Waals surface area contributed by atoms with Gasteiger partial charge in [0, 0.05) is 33.9 Å². The SMILES string of the molecule is CC[C@@]12C=C(C3OC(C)=C(C)[C@@H]3C)n3c4c(c5c(SNC)cccc53)CCN(CCC1)C42. The first-order valence-corrected chi connectivity index (χ1v) is 13.1. The van der Waals surface area contributed by atoms with E-state index < -0.39 is 0 Å². The molecule has 1 N–H and O–H groups in total. The number of aromatic nitrogens is 1. The summed E-state index contributed by atoms with van der Waals surface area (Å²) in [6.07, 6.45) is 7.65. The van der Waals surface area contributed by atoms with Crippen molar-refractivity contribution >= 4 is 28.5 Å². The molecule has 0 aliphatic carbocycles. The molecule has 1 aromatic carbocycles. The number of rotatable bonds is 4. The summed E-state index contributed by atoms with van der Waals surface area (Å²) in [5, 5.41) is 1.46. The van der Waals surface area contributed by atoms with Crippen molar-refractivity contribution in [2.45, 2.75) is 70.4 Å². The molecule has 170 valence electrons. The summed E-state index contributed by atoms with van der Waals surface area (Å²) < 4.78 is 12.6. The van der Waals surface area contributed by atoms with Crippen LogP contribution in [0, 0.1) is 11.3 Å². The molecule has 4 aliphatic rings. The number of piperidine rings is 1. The van der Waals surface area contributed by atoms with Gasteiger partial charge in [-0.15, -0.1) is 0 Å². The van der Waals surface area contributed by atoms with E-state index in [2.05, 4.69) is 66.2 Å². The number of allylic oxidation sites excluding steroid dienone is 1. The lowest BCUT2D eigenvalue weighted by Gasteiger charge is -2.54. The Hall–Kier alpha value is -1.69. The zero-order valence-corrected chi connectivity index (χ0v) is 20.8. The predicted molar refractivity (Wildman–Crippen MR) is 134 cm³/mol. The van der Waals surface area contributed by atoms with Crippen molar-refractivity contribution in [3.8, 4) is 0 Å². The molecule has 2 unspecified atom stereocenters. The fourth-order valence-electron chi connectivity index (χ4n) is 7.04. The highest BCUT2D eigenvalue weighted by Gasteiger charge is 2.52. The highest BCUT2D eigenvalue weighted by molar-refractivity contribution is 7.97. The van der Waals surface area contributed by atoms with Gasteiger partial charge >= 0.3 is 0 Å². The topological polar surface area (TPSA) is 29.4 Å². The normalized spacial score (nSPS) is 31.7. The average molecular weight is 450 g/mol. The molecule has 32 heavy (non-hydrogen) atoms. The van der Waals surface area contributed by atoms with Crippen LogP contribution in [0.3, 0.4) is 0 Å². The van der Waals surface area contributed by atoms with E-state index in [0.717, 1.165) is 12.2 Å². The van der Waals surface area contributed by atoms with Gasteiger partial charge < -0.3 is 9.30 Å². The minimum atomic E-state index is 0.0944. The van der Waals surface area contributed by atoms with Crippen molar-refractivity contribution in [2.24, 2.45) is 11.3 Å². The van der Waals surface area contributed by atoms with Gasteiger partial charge in [-0.05, 0) is 88.3 Å². The number of nitrogens with one attached hydrogen (secondary N) is 1. The van der Waals surface area contributed by atoms with Crippen LogP contribution in [0.2, 0.25) is 0 Å². The van der Waals surface area contributed by atoms with Gasteiger partial charge in [-0.3, -0.25) is 9.62 Å². The second-order valence-electron chi connectivity index (χ2n) is 10.2. The molecule has 0 saturated carbocycles. The van der Waals surface area contributed by atoms with Crippen molar-refractivity contribution in [2.75, 3.05) is 20.1 Å². The highest BCUT2D eigenvalue weighted by Crippen LogP contribution is 2.58. The molecule has 6 rings (SSSR count). The van der Waals surface area contributed by atoms with Gasteiger partial charge in [-0.25, -0.2) is 0 Å². The molecule has 2 aromatic rings. The van der Waals surface area contributed by atoms with Crippen molar-refractivity contribution in [1.82, 2.24) is 14.2 Å². The van der Waals surface area contributed by atoms with Crippen LogP contribution in [0.5, 0.6) is 0 Å². The lowest BCUT2D eigenvalue weighted by molar-refractivity contribution is 0.0246. The highest BCUT2D eigenvalue weighted by atomic mass is 32.2. The van der Waals surface area contributed by atoms with Crippen molar-refractivity contribution in [3.05, 3.63) is 46.9 Å². The largest absolute Gasteiger partial charge is 0.488 e. The Morgan fingerprint density at radius 2 is 2.09 bits per heavy atom. The second-order valence-corrected chi connectivity index (χ2v) is 11.2. The third-order valence-corrected chi connectivity index (χ3v) is 9.62. The Morgan fingerprint density at radius 1 is 1.25 bits per heavy atom. The summed E-state index contributed by atoms with van der Waals surface area (Å²) in [6, 6.07) is 7.32. The van der Waals surface area contributed by atoms with Gasteiger partial charge in [-0.1, -0.05) is 26.0 Å². The third kappa shape index (κ3) is 2.65. The van der Waals surface area contributed by atoms with Crippen LogP contribution in [-0.2, 0) is 11.2 Å². The molecule has 4 aliphatic heterocycles. The van der Waals surface area contributed by atoms with Gasteiger partial charge in [0.2, 0.25) is 0 Å². The summed E-state index contributed by atoms with van der Waals surface area (Å²) in [5.41, 5.74) is 7.48. The molecule has 4 nitrogen and oxygen atoms in total. The van der Waals surface area contributed by atoms with E-state index in [9.17, 15) is 0 Å². The number of fused-ring (bicyclic) bond motifs is 3. The zero-order valence-electron chi connectivity index (χ0n) is 20.0. The molecular weight excluding hydrogens is 414 g/mol. The van der Waals surface area contributed by atoms with E-state index in [1.54, 1.807) is 23.2 Å². The van der Waals surface area contributed by atoms with Crippen molar-refractivity contribution < 1.29 is 4.74 Å². The van der Waals surface area contributed by atoms with Gasteiger partial charge in [-0.2, -0.15) is 0 Å². The van der Waals surface area contributed by atoms with Crippen molar-refractivity contribution in [1.29, 1.82) is 0 Å². The van der Waals surface area contributed by atoms with Crippen LogP contribution in [0.4, 0.5) is 0 Å². The van der Waals surface area contributed by atoms with Crippen LogP contribution in [0.15, 0.2) is 40.5 Å². The first-order valence-electron chi connectivity index (χ1n) is 12.3. The summed E-state index contributed by atoms with van der Waals surface area (Å²) in [7, 11) is 2.02. The second kappa shape index (κ2) is 7.41. The summed E-state index contributed by atoms with van der Waals surface area (Å²) in [4.78, 5) is 4.13. The first-order chi connectivity index (χ1) is 15.5. The minimum absolute atomic E-state index is 0.0944. The van der Waals surface area contributed by atoms with E-state index in [1.165, 1.54) is 59.4 Å². The molecule has 0 bridgehead atoms. The molecule has 1 fully saturated rings. The molecule has 1 saturated heterocycles. The Labute approximate surface area is 196 Å². The van der Waals surface area contributed by atoms with Crippen LogP contribution in [-0.4, -0.2) is 35.7 Å². The van der Waals surface area contributed by atoms with E-state index in [0.29, 0.717) is 12.0 Å². The average Bonchev–Trinajstić information content (AvgIpc) is 3.28. The van der Waals surface area contributed by atoms with Crippen LogP contribution in [0.25, 0.3) is 16.6 Å². The molecule has 0 amide bonds. The van der Waals surface area contributed by atoms with E-state index in [1.807, 2.05) is 7.05 Å². The van der Waals surface area contributed by atoms with Gasteiger partial charge in [0.05, 0.1) is 23.0 Å². The Bertz CT molecular complexity index is 1160. The Balaban J connectivity index is 1.66. The quantitative estimate of drug-likeness (QED) is 0.568. The number of hydrogen-bond acceptors (Lipinski definition) is 4. The maximum Gasteiger partial charge on any atom is 0.144 e. The van der Waals surface area contributed by atoms with Crippen LogP contribution in [0.1, 0.15) is 64.3 Å². The fraction of sp³-hybridized carbons (Fsp3) is 0.556. The first kappa shape index (κ1) is 20.9. The third-order valence-electron chi connectivity index (χ3n) is 8.85. The number of benzene rings is 1. The lowest BCUT2D eigenvalue weighted by Crippen LogP contribution is -2.51. The molecule has 0 radical (unpaired) electrons. The van der Waals surface area contributed by atoms with Gasteiger partial charge in [0.1, 0.15) is 6.10 Å². The Kier molecular flexibility index (Phi) is 4.84. The van der Waals surface area contributed by atoms with Gasteiger partial charge in [0.15, 0.2) is 0 Å². The molecule has 5 heterocycles.